The number of amides is 2. The summed E-state index contributed by atoms with van der Waals surface area (Å²) < 4.78 is 52.0. The normalized spacial score (nSPS) is 12.2. The van der Waals surface area contributed by atoms with E-state index >= 15 is 0 Å². The van der Waals surface area contributed by atoms with Gasteiger partial charge in [-0.25, -0.2) is 4.79 Å². The molecule has 6 nitrogen and oxygen atoms in total. The zero-order valence-electron chi connectivity index (χ0n) is 18.0. The van der Waals surface area contributed by atoms with Crippen molar-refractivity contribution in [2.75, 3.05) is 20.3 Å². The van der Waals surface area contributed by atoms with Crippen molar-refractivity contribution in [2.24, 2.45) is 0 Å². The van der Waals surface area contributed by atoms with Gasteiger partial charge in [0.05, 0.1) is 13.7 Å². The molecule has 3 aromatic carbocycles. The summed E-state index contributed by atoms with van der Waals surface area (Å²) >= 11 is 0. The van der Waals surface area contributed by atoms with Crippen LogP contribution in [0.3, 0.4) is 0 Å². The van der Waals surface area contributed by atoms with Crippen molar-refractivity contribution in [1.29, 1.82) is 0 Å². The van der Waals surface area contributed by atoms with Gasteiger partial charge in [-0.1, -0.05) is 48.5 Å². The molecule has 0 bridgehead atoms. The molecule has 0 aliphatic heterocycles. The summed E-state index contributed by atoms with van der Waals surface area (Å²) in [5.74, 6) is -0.591. The molecule has 0 radical (unpaired) electrons. The Morgan fingerprint density at radius 2 is 1.76 bits per heavy atom. The lowest BCUT2D eigenvalue weighted by Gasteiger charge is -2.24. The van der Waals surface area contributed by atoms with Crippen LogP contribution in [0.4, 0.5) is 18.0 Å². The maximum Gasteiger partial charge on any atom is 0.412 e. The van der Waals surface area contributed by atoms with Gasteiger partial charge in [-0.15, -0.1) is 0 Å². The number of hydrogen-bond donors (Lipinski definition) is 2. The Morgan fingerprint density at radius 1 is 1.03 bits per heavy atom. The van der Waals surface area contributed by atoms with E-state index in [4.69, 9.17) is 4.74 Å². The lowest BCUT2D eigenvalue weighted by molar-refractivity contribution is -0.154. The van der Waals surface area contributed by atoms with E-state index in [-0.39, 0.29) is 30.0 Å². The number of carbonyl (C=O) groups is 2. The lowest BCUT2D eigenvalue weighted by Crippen LogP contribution is -2.38. The van der Waals surface area contributed by atoms with Crippen LogP contribution >= 0.6 is 0 Å². The third-order valence-electron chi connectivity index (χ3n) is 5.02. The van der Waals surface area contributed by atoms with Crippen molar-refractivity contribution in [3.05, 3.63) is 77.4 Å². The van der Waals surface area contributed by atoms with Crippen LogP contribution in [-0.4, -0.2) is 38.4 Å². The Labute approximate surface area is 188 Å². The Kier molecular flexibility index (Phi) is 7.42. The number of rotatable bonds is 7. The minimum atomic E-state index is -4.71. The van der Waals surface area contributed by atoms with Crippen molar-refractivity contribution in [2.45, 2.75) is 19.1 Å². The van der Waals surface area contributed by atoms with E-state index in [9.17, 15) is 22.8 Å². The lowest BCUT2D eigenvalue weighted by atomic mass is 9.97. The van der Waals surface area contributed by atoms with Crippen LogP contribution in [0.15, 0.2) is 60.7 Å². The zero-order valence-corrected chi connectivity index (χ0v) is 18.0. The molecule has 9 heteroatoms. The van der Waals surface area contributed by atoms with Gasteiger partial charge in [-0.05, 0) is 41.0 Å². The molecular weight excluding hydrogens is 437 g/mol. The minimum absolute atomic E-state index is 0.0344. The summed E-state index contributed by atoms with van der Waals surface area (Å²) in [4.78, 5) is 24.0. The number of alkyl halides is 3. The van der Waals surface area contributed by atoms with E-state index < -0.39 is 24.2 Å². The van der Waals surface area contributed by atoms with Gasteiger partial charge in [0.2, 0.25) is 0 Å². The standard InChI is InChI=1S/C24H23F3N2O4/c1-15-10-11-17(33-13-12-28-23(31)32-2)14-20(15)22(30)29-21(24(25,26)27)19-9-5-7-16-6-3-4-8-18(16)19/h3-11,14,21H,12-13H2,1-2H3,(H,28,31)(H,29,30). The summed E-state index contributed by atoms with van der Waals surface area (Å²) in [7, 11) is 1.23. The van der Waals surface area contributed by atoms with Gasteiger partial charge in [-0.2, -0.15) is 13.2 Å². The second kappa shape index (κ2) is 10.2. The Bertz CT molecular complexity index is 1140. The van der Waals surface area contributed by atoms with E-state index in [0.29, 0.717) is 16.3 Å². The number of aryl methyl sites for hydroxylation is 1. The molecule has 3 rings (SSSR count). The molecule has 2 amide bonds. The maximum atomic E-state index is 14.0. The molecule has 0 aromatic heterocycles. The van der Waals surface area contributed by atoms with Gasteiger partial charge in [0.25, 0.3) is 5.91 Å². The SMILES string of the molecule is COC(=O)NCCOc1ccc(C)c(C(=O)NC(c2cccc3ccccc23)C(F)(F)F)c1. The first-order valence-electron chi connectivity index (χ1n) is 10.1. The number of methoxy groups -OCH3 is 1. The van der Waals surface area contributed by atoms with Crippen LogP contribution < -0.4 is 15.4 Å². The van der Waals surface area contributed by atoms with Crippen LogP contribution in [-0.2, 0) is 4.74 Å². The first-order chi connectivity index (χ1) is 15.7. The fourth-order valence-electron chi connectivity index (χ4n) is 3.38. The van der Waals surface area contributed by atoms with Gasteiger partial charge < -0.3 is 20.1 Å². The molecule has 1 atom stereocenters. The third-order valence-corrected chi connectivity index (χ3v) is 5.02. The first kappa shape index (κ1) is 23.9. The molecule has 1 unspecified atom stereocenters. The van der Waals surface area contributed by atoms with Crippen LogP contribution in [0.1, 0.15) is 27.5 Å². The Morgan fingerprint density at radius 3 is 2.48 bits per heavy atom. The van der Waals surface area contributed by atoms with Gasteiger partial charge in [0.1, 0.15) is 12.4 Å². The predicted octanol–water partition coefficient (Wildman–Crippen LogP) is 4.92. The molecule has 0 heterocycles. The number of alkyl carbamates (subject to hydrolysis) is 1. The zero-order chi connectivity index (χ0) is 24.0. The second-order valence-corrected chi connectivity index (χ2v) is 7.26. The van der Waals surface area contributed by atoms with Gasteiger partial charge >= 0.3 is 12.3 Å². The topological polar surface area (TPSA) is 76.7 Å². The highest BCUT2D eigenvalue weighted by Crippen LogP contribution is 2.36. The van der Waals surface area contributed by atoms with E-state index in [2.05, 4.69) is 15.4 Å². The van der Waals surface area contributed by atoms with Crippen molar-refractivity contribution >= 4 is 22.8 Å². The van der Waals surface area contributed by atoms with Gasteiger partial charge in [-0.3, -0.25) is 4.79 Å². The molecule has 0 fully saturated rings. The van der Waals surface area contributed by atoms with Gasteiger partial charge in [0.15, 0.2) is 6.04 Å². The molecule has 0 saturated carbocycles. The van der Waals surface area contributed by atoms with Crippen molar-refractivity contribution in [3.8, 4) is 5.75 Å². The number of ether oxygens (including phenoxy) is 2. The highest BCUT2D eigenvalue weighted by molar-refractivity contribution is 5.97. The number of benzene rings is 3. The monoisotopic (exact) mass is 460 g/mol. The Balaban J connectivity index is 1.82. The average Bonchev–Trinajstić information content (AvgIpc) is 2.79. The van der Waals surface area contributed by atoms with E-state index in [0.717, 1.165) is 0 Å². The fraction of sp³-hybridized carbons (Fsp3) is 0.250. The largest absolute Gasteiger partial charge is 0.492 e. The minimum Gasteiger partial charge on any atom is -0.492 e. The van der Waals surface area contributed by atoms with Crippen LogP contribution in [0, 0.1) is 6.92 Å². The number of halogens is 3. The molecule has 0 aliphatic carbocycles. The number of carbonyl (C=O) groups excluding carboxylic acids is 2. The van der Waals surface area contributed by atoms with Crippen molar-refractivity contribution < 1.29 is 32.2 Å². The average molecular weight is 460 g/mol. The molecule has 174 valence electrons. The quantitative estimate of drug-likeness (QED) is 0.491. The molecule has 2 N–H and O–H groups in total. The van der Waals surface area contributed by atoms with Crippen LogP contribution in [0.25, 0.3) is 10.8 Å². The summed E-state index contributed by atoms with van der Waals surface area (Å²) in [6, 6.07) is 13.7. The predicted molar refractivity (Wildman–Crippen MR) is 117 cm³/mol. The first-order valence-corrected chi connectivity index (χ1v) is 10.1. The van der Waals surface area contributed by atoms with Crippen LogP contribution in [0.5, 0.6) is 5.75 Å². The van der Waals surface area contributed by atoms with E-state index in [1.807, 2.05) is 0 Å². The fourth-order valence-corrected chi connectivity index (χ4v) is 3.38. The highest BCUT2D eigenvalue weighted by atomic mass is 19.4. The molecular formula is C24H23F3N2O4. The van der Waals surface area contributed by atoms with Crippen molar-refractivity contribution in [1.82, 2.24) is 10.6 Å². The second-order valence-electron chi connectivity index (χ2n) is 7.26. The summed E-state index contributed by atoms with van der Waals surface area (Å²) in [6.45, 7) is 1.86. The molecule has 3 aromatic rings. The number of hydrogen-bond acceptors (Lipinski definition) is 4. The molecule has 0 saturated heterocycles. The van der Waals surface area contributed by atoms with Crippen LogP contribution in [0.2, 0.25) is 0 Å². The third kappa shape index (κ3) is 5.94. The molecule has 33 heavy (non-hydrogen) atoms. The highest BCUT2D eigenvalue weighted by Gasteiger charge is 2.42. The summed E-state index contributed by atoms with van der Waals surface area (Å²) in [6.07, 6.45) is -5.32. The van der Waals surface area contributed by atoms with E-state index in [1.54, 1.807) is 49.4 Å². The summed E-state index contributed by atoms with van der Waals surface area (Å²) in [5.41, 5.74) is 0.516. The smallest absolute Gasteiger partial charge is 0.412 e. The van der Waals surface area contributed by atoms with Gasteiger partial charge in [0, 0.05) is 5.56 Å². The summed E-state index contributed by atoms with van der Waals surface area (Å²) in [5, 5.41) is 5.64. The Hall–Kier alpha value is -3.75. The number of fused-ring (bicyclic) bond motifs is 1. The van der Waals surface area contributed by atoms with E-state index in [1.165, 1.54) is 25.3 Å². The maximum absolute atomic E-state index is 14.0. The molecule has 0 spiro atoms. The van der Waals surface area contributed by atoms with Crippen molar-refractivity contribution in [3.63, 3.8) is 0 Å². The number of nitrogens with one attached hydrogen (secondary N) is 2. The molecule has 0 aliphatic rings.